The molecule has 110 valence electrons. The van der Waals surface area contributed by atoms with Gasteiger partial charge in [-0.3, -0.25) is 4.79 Å². The number of amides is 1. The lowest BCUT2D eigenvalue weighted by Gasteiger charge is -2.12. The first kappa shape index (κ1) is 15.4. The number of primary amides is 1. The molecule has 2 aromatic rings. The highest BCUT2D eigenvalue weighted by Crippen LogP contribution is 2.26. The van der Waals surface area contributed by atoms with Crippen LogP contribution in [0.1, 0.15) is 5.76 Å². The van der Waals surface area contributed by atoms with Gasteiger partial charge in [0, 0.05) is 4.90 Å². The van der Waals surface area contributed by atoms with E-state index in [2.05, 4.69) is 10.6 Å². The first-order valence-corrected chi connectivity index (χ1v) is 7.62. The number of hydrogen-bond donors (Lipinski definition) is 3. The van der Waals surface area contributed by atoms with Crippen molar-refractivity contribution in [2.45, 2.75) is 11.4 Å². The summed E-state index contributed by atoms with van der Waals surface area (Å²) in [7, 11) is 0. The first-order valence-electron chi connectivity index (χ1n) is 6.22. The van der Waals surface area contributed by atoms with Crippen molar-refractivity contribution in [2.24, 2.45) is 5.73 Å². The molecule has 0 saturated heterocycles. The fourth-order valence-corrected chi connectivity index (χ4v) is 2.52. The summed E-state index contributed by atoms with van der Waals surface area (Å²) in [6.07, 6.45) is 1.61. The summed E-state index contributed by atoms with van der Waals surface area (Å²) in [4.78, 5) is 11.8. The number of rotatable bonds is 6. The summed E-state index contributed by atoms with van der Waals surface area (Å²) in [6.45, 7) is 0.509. The number of para-hydroxylation sites is 1. The van der Waals surface area contributed by atoms with Crippen molar-refractivity contribution in [1.82, 2.24) is 5.32 Å². The molecular weight excluding hydrogens is 306 g/mol. The molecule has 0 saturated carbocycles. The van der Waals surface area contributed by atoms with Crippen molar-refractivity contribution in [3.8, 4) is 0 Å². The van der Waals surface area contributed by atoms with E-state index in [0.717, 1.165) is 16.3 Å². The second-order valence-electron chi connectivity index (χ2n) is 4.14. The molecule has 0 atom stereocenters. The summed E-state index contributed by atoms with van der Waals surface area (Å²) < 4.78 is 5.22. The van der Waals surface area contributed by atoms with Gasteiger partial charge in [0.1, 0.15) is 5.76 Å². The summed E-state index contributed by atoms with van der Waals surface area (Å²) in [5, 5.41) is 6.64. The number of hydrogen-bond acceptors (Lipinski definition) is 4. The molecule has 2 rings (SSSR count). The first-order chi connectivity index (χ1) is 10.1. The van der Waals surface area contributed by atoms with E-state index < -0.39 is 0 Å². The molecule has 1 amide bonds. The number of carbonyl (C=O) groups is 1. The average Bonchev–Trinajstić information content (AvgIpc) is 2.97. The van der Waals surface area contributed by atoms with Gasteiger partial charge in [0.05, 0.1) is 24.2 Å². The zero-order valence-electron chi connectivity index (χ0n) is 11.2. The van der Waals surface area contributed by atoms with Crippen LogP contribution in [-0.4, -0.2) is 16.8 Å². The van der Waals surface area contributed by atoms with Crippen LogP contribution in [0.2, 0.25) is 0 Å². The maximum absolute atomic E-state index is 10.9. The van der Waals surface area contributed by atoms with E-state index in [4.69, 9.17) is 22.4 Å². The van der Waals surface area contributed by atoms with Gasteiger partial charge in [-0.15, -0.1) is 11.8 Å². The van der Waals surface area contributed by atoms with Gasteiger partial charge in [-0.05, 0) is 36.5 Å². The molecule has 1 heterocycles. The van der Waals surface area contributed by atoms with E-state index in [-0.39, 0.29) is 11.7 Å². The highest BCUT2D eigenvalue weighted by Gasteiger charge is 2.06. The quantitative estimate of drug-likeness (QED) is 0.560. The van der Waals surface area contributed by atoms with Crippen LogP contribution in [0, 0.1) is 0 Å². The lowest BCUT2D eigenvalue weighted by atomic mass is 10.3. The topological polar surface area (TPSA) is 80.3 Å². The molecule has 0 bridgehead atoms. The molecule has 0 fully saturated rings. The third-order valence-corrected chi connectivity index (χ3v) is 3.85. The zero-order chi connectivity index (χ0) is 15.1. The molecule has 0 unspecified atom stereocenters. The Bertz CT molecular complexity index is 614. The Morgan fingerprint density at radius 1 is 1.29 bits per heavy atom. The summed E-state index contributed by atoms with van der Waals surface area (Å²) >= 11 is 6.61. The van der Waals surface area contributed by atoms with E-state index in [1.807, 2.05) is 36.4 Å². The molecule has 0 spiro atoms. The van der Waals surface area contributed by atoms with Gasteiger partial charge in [0.25, 0.3) is 0 Å². The molecule has 5 nitrogen and oxygen atoms in total. The molecule has 7 heteroatoms. The minimum absolute atomic E-state index is 0.227. The zero-order valence-corrected chi connectivity index (χ0v) is 12.8. The highest BCUT2D eigenvalue weighted by molar-refractivity contribution is 8.00. The normalized spacial score (nSPS) is 10.1. The number of thiocarbonyl (C=S) groups is 1. The van der Waals surface area contributed by atoms with Gasteiger partial charge in [-0.25, -0.2) is 0 Å². The van der Waals surface area contributed by atoms with Crippen LogP contribution in [-0.2, 0) is 11.3 Å². The summed E-state index contributed by atoms with van der Waals surface area (Å²) in [5.74, 6) is 0.675. The van der Waals surface area contributed by atoms with Gasteiger partial charge in [-0.1, -0.05) is 12.1 Å². The fourth-order valence-electron chi connectivity index (χ4n) is 1.59. The fraction of sp³-hybridized carbons (Fsp3) is 0.143. The Kier molecular flexibility index (Phi) is 5.65. The average molecular weight is 321 g/mol. The molecule has 0 aliphatic heterocycles. The second-order valence-corrected chi connectivity index (χ2v) is 5.56. The van der Waals surface area contributed by atoms with Crippen molar-refractivity contribution in [2.75, 3.05) is 11.1 Å². The van der Waals surface area contributed by atoms with Crippen LogP contribution in [0.3, 0.4) is 0 Å². The third-order valence-electron chi connectivity index (χ3n) is 2.51. The Balaban J connectivity index is 1.92. The van der Waals surface area contributed by atoms with Gasteiger partial charge in [-0.2, -0.15) is 0 Å². The predicted octanol–water partition coefficient (Wildman–Crippen LogP) is 2.34. The number of carbonyl (C=O) groups excluding carboxylic acids is 1. The largest absolute Gasteiger partial charge is 0.467 e. The van der Waals surface area contributed by atoms with Gasteiger partial charge >= 0.3 is 0 Å². The van der Waals surface area contributed by atoms with Crippen molar-refractivity contribution >= 4 is 40.7 Å². The number of nitrogens with two attached hydrogens (primary N) is 1. The number of thioether (sulfide) groups is 1. The van der Waals surface area contributed by atoms with Gasteiger partial charge in [0.15, 0.2) is 5.11 Å². The van der Waals surface area contributed by atoms with E-state index in [1.165, 1.54) is 11.8 Å². The molecular formula is C14H15N3O2S2. The molecule has 4 N–H and O–H groups in total. The second kappa shape index (κ2) is 7.70. The lowest BCUT2D eigenvalue weighted by Crippen LogP contribution is -2.28. The maximum atomic E-state index is 10.9. The summed E-state index contributed by atoms with van der Waals surface area (Å²) in [6, 6.07) is 11.3. The highest BCUT2D eigenvalue weighted by atomic mass is 32.2. The number of anilines is 1. The number of furan rings is 1. The number of nitrogens with one attached hydrogen (secondary N) is 2. The number of benzene rings is 1. The standard InChI is InChI=1S/C14H15N3O2S2/c15-13(18)9-21-12-6-2-1-5-11(12)17-14(20)16-8-10-4-3-7-19-10/h1-7H,8-9H2,(H2,15,18)(H2,16,17,20). The maximum Gasteiger partial charge on any atom is 0.227 e. The van der Waals surface area contributed by atoms with Gasteiger partial charge in [0.2, 0.25) is 5.91 Å². The Labute approximate surface area is 132 Å². The Hall–Kier alpha value is -1.99. The predicted molar refractivity (Wildman–Crippen MR) is 88.1 cm³/mol. The SMILES string of the molecule is NC(=O)CSc1ccccc1NC(=S)NCc1ccco1. The smallest absolute Gasteiger partial charge is 0.227 e. The Morgan fingerprint density at radius 3 is 2.81 bits per heavy atom. The minimum Gasteiger partial charge on any atom is -0.467 e. The molecule has 0 aliphatic rings. The van der Waals surface area contributed by atoms with Crippen LogP contribution in [0.4, 0.5) is 5.69 Å². The lowest BCUT2D eigenvalue weighted by molar-refractivity contribution is -0.115. The van der Waals surface area contributed by atoms with Crippen LogP contribution < -0.4 is 16.4 Å². The molecule has 1 aromatic carbocycles. The van der Waals surface area contributed by atoms with Crippen LogP contribution >= 0.6 is 24.0 Å². The van der Waals surface area contributed by atoms with E-state index in [0.29, 0.717) is 11.7 Å². The Morgan fingerprint density at radius 2 is 2.10 bits per heavy atom. The van der Waals surface area contributed by atoms with Crippen molar-refractivity contribution < 1.29 is 9.21 Å². The van der Waals surface area contributed by atoms with E-state index in [9.17, 15) is 4.79 Å². The van der Waals surface area contributed by atoms with Crippen molar-refractivity contribution in [1.29, 1.82) is 0 Å². The van der Waals surface area contributed by atoms with Crippen LogP contribution in [0.25, 0.3) is 0 Å². The van der Waals surface area contributed by atoms with Crippen molar-refractivity contribution in [3.63, 3.8) is 0 Å². The monoisotopic (exact) mass is 321 g/mol. The van der Waals surface area contributed by atoms with Crippen LogP contribution in [0.15, 0.2) is 52.0 Å². The summed E-state index contributed by atoms with van der Waals surface area (Å²) in [5.41, 5.74) is 6.00. The molecule has 0 radical (unpaired) electrons. The molecule has 0 aliphatic carbocycles. The van der Waals surface area contributed by atoms with Gasteiger partial charge < -0.3 is 20.8 Å². The van der Waals surface area contributed by atoms with Crippen molar-refractivity contribution in [3.05, 3.63) is 48.4 Å². The molecule has 1 aromatic heterocycles. The van der Waals surface area contributed by atoms with E-state index >= 15 is 0 Å². The van der Waals surface area contributed by atoms with Crippen LogP contribution in [0.5, 0.6) is 0 Å². The minimum atomic E-state index is -0.353. The van der Waals surface area contributed by atoms with E-state index in [1.54, 1.807) is 6.26 Å². The third kappa shape index (κ3) is 5.13. The molecule has 21 heavy (non-hydrogen) atoms.